The van der Waals surface area contributed by atoms with E-state index in [1.807, 2.05) is 0 Å². The SMILES string of the molecule is CNC(=S)NN=Cc1ccc(OCc2c(F)cccc2Cl)c(OC)c1. The molecular formula is C17H17ClFN3O2S. The number of hydrazone groups is 1. The van der Waals surface area contributed by atoms with Gasteiger partial charge in [0.05, 0.1) is 18.3 Å². The zero-order valence-electron chi connectivity index (χ0n) is 13.7. The molecule has 2 aromatic carbocycles. The van der Waals surface area contributed by atoms with E-state index < -0.39 is 5.82 Å². The van der Waals surface area contributed by atoms with Crippen LogP contribution in [0.15, 0.2) is 41.5 Å². The van der Waals surface area contributed by atoms with E-state index >= 15 is 0 Å². The van der Waals surface area contributed by atoms with Gasteiger partial charge < -0.3 is 14.8 Å². The zero-order valence-corrected chi connectivity index (χ0v) is 15.2. The highest BCUT2D eigenvalue weighted by Crippen LogP contribution is 2.29. The predicted octanol–water partition coefficient (Wildman–Crippen LogP) is 3.49. The molecule has 0 saturated heterocycles. The van der Waals surface area contributed by atoms with Crippen molar-refractivity contribution in [1.82, 2.24) is 10.7 Å². The fourth-order valence-corrected chi connectivity index (χ4v) is 2.20. The Kier molecular flexibility index (Phi) is 6.97. The van der Waals surface area contributed by atoms with Crippen LogP contribution in [0.3, 0.4) is 0 Å². The lowest BCUT2D eigenvalue weighted by Gasteiger charge is -2.12. The normalized spacial score (nSPS) is 10.6. The summed E-state index contributed by atoms with van der Waals surface area (Å²) in [6, 6.07) is 9.74. The molecule has 5 nitrogen and oxygen atoms in total. The van der Waals surface area contributed by atoms with Gasteiger partial charge in [-0.3, -0.25) is 5.43 Å². The van der Waals surface area contributed by atoms with Crippen LogP contribution in [0.4, 0.5) is 4.39 Å². The van der Waals surface area contributed by atoms with E-state index in [1.165, 1.54) is 13.2 Å². The predicted molar refractivity (Wildman–Crippen MR) is 101 cm³/mol. The molecule has 0 amide bonds. The number of hydrogen-bond acceptors (Lipinski definition) is 4. The van der Waals surface area contributed by atoms with Gasteiger partial charge in [-0.25, -0.2) is 4.39 Å². The first-order valence-corrected chi connectivity index (χ1v) is 8.08. The Bertz CT molecular complexity index is 766. The van der Waals surface area contributed by atoms with Crippen molar-refractivity contribution < 1.29 is 13.9 Å². The molecule has 0 bridgehead atoms. The number of hydrogen-bond donors (Lipinski definition) is 2. The lowest BCUT2D eigenvalue weighted by molar-refractivity contribution is 0.280. The van der Waals surface area contributed by atoms with Crippen LogP contribution in [0.2, 0.25) is 5.02 Å². The highest BCUT2D eigenvalue weighted by atomic mass is 35.5. The van der Waals surface area contributed by atoms with E-state index in [9.17, 15) is 4.39 Å². The fourth-order valence-electron chi connectivity index (χ4n) is 1.93. The standard InChI is InChI=1S/C17H17ClFN3O2S/c1-20-17(25)22-21-9-11-6-7-15(16(8-11)23-2)24-10-12-13(18)4-3-5-14(12)19/h3-9H,10H2,1-2H3,(H2,20,22,25). The molecule has 2 N–H and O–H groups in total. The van der Waals surface area contributed by atoms with E-state index in [1.54, 1.807) is 43.6 Å². The van der Waals surface area contributed by atoms with Gasteiger partial charge in [-0.1, -0.05) is 17.7 Å². The minimum Gasteiger partial charge on any atom is -0.493 e. The number of halogens is 2. The zero-order chi connectivity index (χ0) is 18.2. The van der Waals surface area contributed by atoms with Gasteiger partial charge >= 0.3 is 0 Å². The molecule has 0 aromatic heterocycles. The molecule has 0 saturated carbocycles. The van der Waals surface area contributed by atoms with Crippen LogP contribution in [-0.4, -0.2) is 25.5 Å². The van der Waals surface area contributed by atoms with Gasteiger partial charge in [0, 0.05) is 12.6 Å². The number of nitrogens with one attached hydrogen (secondary N) is 2. The molecule has 0 aliphatic rings. The molecule has 2 aromatic rings. The molecule has 0 fully saturated rings. The first-order chi connectivity index (χ1) is 12.0. The Morgan fingerprint density at radius 1 is 1.32 bits per heavy atom. The smallest absolute Gasteiger partial charge is 0.186 e. The van der Waals surface area contributed by atoms with E-state index in [0.29, 0.717) is 27.2 Å². The van der Waals surface area contributed by atoms with Crippen molar-refractivity contribution >= 4 is 35.1 Å². The lowest BCUT2D eigenvalue weighted by atomic mass is 10.2. The molecule has 132 valence electrons. The number of benzene rings is 2. The fraction of sp³-hybridized carbons (Fsp3) is 0.176. The summed E-state index contributed by atoms with van der Waals surface area (Å²) < 4.78 is 24.8. The second kappa shape index (κ2) is 9.19. The largest absolute Gasteiger partial charge is 0.493 e. The van der Waals surface area contributed by atoms with Crippen LogP contribution in [0.25, 0.3) is 0 Å². The molecule has 2 rings (SSSR count). The van der Waals surface area contributed by atoms with E-state index in [2.05, 4.69) is 15.8 Å². The van der Waals surface area contributed by atoms with Crippen molar-refractivity contribution in [3.63, 3.8) is 0 Å². The molecule has 0 spiro atoms. The van der Waals surface area contributed by atoms with Crippen LogP contribution < -0.4 is 20.2 Å². The minimum atomic E-state index is -0.415. The monoisotopic (exact) mass is 381 g/mol. The van der Waals surface area contributed by atoms with E-state index in [-0.39, 0.29) is 6.61 Å². The molecule has 0 aliphatic heterocycles. The van der Waals surface area contributed by atoms with Crippen molar-refractivity contribution in [3.8, 4) is 11.5 Å². The Labute approximate surface area is 155 Å². The molecule has 8 heteroatoms. The van der Waals surface area contributed by atoms with Gasteiger partial charge in [0.2, 0.25) is 0 Å². The molecule has 0 radical (unpaired) electrons. The van der Waals surface area contributed by atoms with Gasteiger partial charge in [0.25, 0.3) is 0 Å². The van der Waals surface area contributed by atoms with Crippen LogP contribution >= 0.6 is 23.8 Å². The van der Waals surface area contributed by atoms with Gasteiger partial charge in [-0.05, 0) is 48.1 Å². The average Bonchev–Trinajstić information content (AvgIpc) is 2.61. The van der Waals surface area contributed by atoms with Gasteiger partial charge in [0.15, 0.2) is 16.6 Å². The number of ether oxygens (including phenoxy) is 2. The van der Waals surface area contributed by atoms with Gasteiger partial charge in [-0.15, -0.1) is 0 Å². The first kappa shape index (κ1) is 19.0. The van der Waals surface area contributed by atoms with Crippen molar-refractivity contribution in [1.29, 1.82) is 0 Å². The van der Waals surface area contributed by atoms with E-state index in [0.717, 1.165) is 5.56 Å². The summed E-state index contributed by atoms with van der Waals surface area (Å²) in [5, 5.41) is 7.46. The summed E-state index contributed by atoms with van der Waals surface area (Å²) in [6.45, 7) is -0.00665. The van der Waals surface area contributed by atoms with Crippen molar-refractivity contribution in [3.05, 3.63) is 58.4 Å². The minimum absolute atomic E-state index is 0.00665. The van der Waals surface area contributed by atoms with Gasteiger partial charge in [0.1, 0.15) is 12.4 Å². The van der Waals surface area contributed by atoms with Crippen molar-refractivity contribution in [2.45, 2.75) is 6.61 Å². The Balaban J connectivity index is 2.10. The maximum Gasteiger partial charge on any atom is 0.186 e. The summed E-state index contributed by atoms with van der Waals surface area (Å²) >= 11 is 10.9. The molecule has 0 heterocycles. The summed E-state index contributed by atoms with van der Waals surface area (Å²) in [5.74, 6) is 0.548. The topological polar surface area (TPSA) is 54.9 Å². The molecule has 0 unspecified atom stereocenters. The van der Waals surface area contributed by atoms with Crippen LogP contribution in [0.1, 0.15) is 11.1 Å². The maximum atomic E-state index is 13.8. The van der Waals surface area contributed by atoms with Crippen molar-refractivity contribution in [2.24, 2.45) is 5.10 Å². The number of thiocarbonyl (C=S) groups is 1. The lowest BCUT2D eigenvalue weighted by Crippen LogP contribution is -2.28. The third-order valence-electron chi connectivity index (χ3n) is 3.23. The highest BCUT2D eigenvalue weighted by Gasteiger charge is 2.10. The molecule has 0 aliphatic carbocycles. The molecular weight excluding hydrogens is 365 g/mol. The summed E-state index contributed by atoms with van der Waals surface area (Å²) in [7, 11) is 3.22. The summed E-state index contributed by atoms with van der Waals surface area (Å²) in [5.41, 5.74) is 3.72. The molecule has 25 heavy (non-hydrogen) atoms. The third kappa shape index (κ3) is 5.30. The van der Waals surface area contributed by atoms with Crippen LogP contribution in [0, 0.1) is 5.82 Å². The molecule has 0 atom stereocenters. The van der Waals surface area contributed by atoms with Crippen molar-refractivity contribution in [2.75, 3.05) is 14.2 Å². The number of methoxy groups -OCH3 is 1. The average molecular weight is 382 g/mol. The second-order valence-corrected chi connectivity index (χ2v) is 5.66. The van der Waals surface area contributed by atoms with E-state index in [4.69, 9.17) is 33.3 Å². The Morgan fingerprint density at radius 3 is 2.80 bits per heavy atom. The summed E-state index contributed by atoms with van der Waals surface area (Å²) in [4.78, 5) is 0. The Hall–Kier alpha value is -2.38. The second-order valence-electron chi connectivity index (χ2n) is 4.85. The quantitative estimate of drug-likeness (QED) is 0.455. The Morgan fingerprint density at radius 2 is 2.12 bits per heavy atom. The number of nitrogens with zero attached hydrogens (tertiary/aromatic N) is 1. The maximum absolute atomic E-state index is 13.8. The summed E-state index contributed by atoms with van der Waals surface area (Å²) in [6.07, 6.45) is 1.59. The first-order valence-electron chi connectivity index (χ1n) is 7.29. The number of rotatable bonds is 6. The highest BCUT2D eigenvalue weighted by molar-refractivity contribution is 7.80. The van der Waals surface area contributed by atoms with Gasteiger partial charge in [-0.2, -0.15) is 5.10 Å². The van der Waals surface area contributed by atoms with Crippen LogP contribution in [-0.2, 0) is 6.61 Å². The third-order valence-corrected chi connectivity index (χ3v) is 3.88. The van der Waals surface area contributed by atoms with Crippen LogP contribution in [0.5, 0.6) is 11.5 Å².